The lowest BCUT2D eigenvalue weighted by Crippen LogP contribution is -2.45. The minimum Gasteiger partial charge on any atom is -0.403 e. The van der Waals surface area contributed by atoms with Crippen molar-refractivity contribution in [2.75, 3.05) is 10.6 Å². The normalized spacial score (nSPS) is 17.7. The zero-order valence-electron chi connectivity index (χ0n) is 17.0. The highest BCUT2D eigenvalue weighted by atomic mass is 19.1. The Bertz CT molecular complexity index is 1320. The van der Waals surface area contributed by atoms with Crippen LogP contribution in [-0.2, 0) is 4.79 Å². The van der Waals surface area contributed by atoms with Crippen LogP contribution in [-0.4, -0.2) is 27.5 Å². The second-order valence-corrected chi connectivity index (χ2v) is 7.44. The molecule has 0 bridgehead atoms. The van der Waals surface area contributed by atoms with E-state index in [1.165, 1.54) is 24.3 Å². The number of carbonyl (C=O) groups is 1. The van der Waals surface area contributed by atoms with Gasteiger partial charge in [-0.3, -0.25) is 4.79 Å². The first-order valence-electron chi connectivity index (χ1n) is 9.96. The van der Waals surface area contributed by atoms with Crippen molar-refractivity contribution in [1.82, 2.24) is 10.2 Å². The van der Waals surface area contributed by atoms with Crippen molar-refractivity contribution in [3.05, 3.63) is 95.8 Å². The molecule has 7 nitrogen and oxygen atoms in total. The molecule has 5 rings (SSSR count). The Morgan fingerprint density at radius 3 is 2.41 bits per heavy atom. The smallest absolute Gasteiger partial charge is 0.318 e. The molecule has 1 atom stereocenters. The zero-order chi connectivity index (χ0) is 22.1. The first-order chi connectivity index (χ1) is 15.5. The Balaban J connectivity index is 1.54. The highest BCUT2D eigenvalue weighted by Crippen LogP contribution is 2.29. The first-order valence-corrected chi connectivity index (χ1v) is 9.96. The molecular weight excluding hydrogens is 409 g/mol. The Morgan fingerprint density at radius 1 is 0.906 bits per heavy atom. The minimum absolute atomic E-state index is 0.0177. The van der Waals surface area contributed by atoms with Gasteiger partial charge in [0.15, 0.2) is 0 Å². The predicted octanol–water partition coefficient (Wildman–Crippen LogP) is 4.49. The van der Waals surface area contributed by atoms with E-state index in [4.69, 9.17) is 9.41 Å². The highest BCUT2D eigenvalue weighted by molar-refractivity contribution is 6.20. The van der Waals surface area contributed by atoms with Gasteiger partial charge in [0.05, 0.1) is 11.4 Å². The number of anilines is 2. The standard InChI is InChI=1S/C24H18FN5O2/c1-24(28-23-30-29-21(32-23)16-11-13-17(25)14-12-16)22(31)26-19-10-6-5-9-18(19)20(27-24)15-7-3-2-4-8-15/h2-14H,1H3,(H,26,31)(H,28,30). The number of fused-ring (bicyclic) bond motifs is 1. The zero-order valence-corrected chi connectivity index (χ0v) is 17.0. The van der Waals surface area contributed by atoms with Crippen molar-refractivity contribution < 1.29 is 13.6 Å². The van der Waals surface area contributed by atoms with Gasteiger partial charge in [-0.1, -0.05) is 53.6 Å². The van der Waals surface area contributed by atoms with Gasteiger partial charge >= 0.3 is 6.01 Å². The van der Waals surface area contributed by atoms with Crippen LogP contribution in [0.15, 0.2) is 88.3 Å². The molecule has 2 heterocycles. The molecular formula is C24H18FN5O2. The number of hydrogen-bond donors (Lipinski definition) is 2. The number of nitrogens with zero attached hydrogens (tertiary/aromatic N) is 3. The fourth-order valence-electron chi connectivity index (χ4n) is 3.47. The van der Waals surface area contributed by atoms with Crippen LogP contribution in [0.3, 0.4) is 0 Å². The molecule has 0 saturated heterocycles. The summed E-state index contributed by atoms with van der Waals surface area (Å²) in [5, 5.41) is 13.9. The minimum atomic E-state index is -1.43. The number of benzene rings is 3. The molecule has 1 amide bonds. The molecule has 0 fully saturated rings. The van der Waals surface area contributed by atoms with E-state index in [-0.39, 0.29) is 23.6 Å². The Kier molecular flexibility index (Phi) is 4.74. The lowest BCUT2D eigenvalue weighted by atomic mass is 10.0. The molecule has 8 heteroatoms. The lowest BCUT2D eigenvalue weighted by molar-refractivity contribution is -0.119. The molecule has 0 radical (unpaired) electrons. The molecule has 0 spiro atoms. The maximum absolute atomic E-state index is 13.2. The van der Waals surface area contributed by atoms with E-state index in [1.807, 2.05) is 54.6 Å². The number of benzodiazepines with no additional fused rings is 1. The second kappa shape index (κ2) is 7.73. The van der Waals surface area contributed by atoms with E-state index in [0.717, 1.165) is 11.1 Å². The van der Waals surface area contributed by atoms with E-state index in [2.05, 4.69) is 20.8 Å². The van der Waals surface area contributed by atoms with Crippen LogP contribution < -0.4 is 10.6 Å². The van der Waals surface area contributed by atoms with Gasteiger partial charge in [-0.05, 0) is 37.3 Å². The van der Waals surface area contributed by atoms with Crippen molar-refractivity contribution in [3.8, 4) is 11.5 Å². The summed E-state index contributed by atoms with van der Waals surface area (Å²) < 4.78 is 18.9. The number of aromatic nitrogens is 2. The summed E-state index contributed by atoms with van der Waals surface area (Å²) >= 11 is 0. The van der Waals surface area contributed by atoms with Crippen LogP contribution in [0.1, 0.15) is 18.1 Å². The first kappa shape index (κ1) is 19.6. The molecule has 2 N–H and O–H groups in total. The lowest BCUT2D eigenvalue weighted by Gasteiger charge is -2.23. The largest absolute Gasteiger partial charge is 0.403 e. The van der Waals surface area contributed by atoms with Gasteiger partial charge in [0, 0.05) is 16.7 Å². The van der Waals surface area contributed by atoms with Crippen LogP contribution in [0.2, 0.25) is 0 Å². The third-order valence-electron chi connectivity index (χ3n) is 5.12. The van der Waals surface area contributed by atoms with Gasteiger partial charge in [0.2, 0.25) is 11.6 Å². The molecule has 3 aromatic carbocycles. The average molecular weight is 427 g/mol. The summed E-state index contributed by atoms with van der Waals surface area (Å²) in [6.07, 6.45) is 0. The Hall–Kier alpha value is -4.33. The highest BCUT2D eigenvalue weighted by Gasteiger charge is 2.38. The monoisotopic (exact) mass is 427 g/mol. The van der Waals surface area contributed by atoms with E-state index in [1.54, 1.807) is 6.92 Å². The average Bonchev–Trinajstić information content (AvgIpc) is 3.23. The van der Waals surface area contributed by atoms with E-state index in [9.17, 15) is 9.18 Å². The topological polar surface area (TPSA) is 92.4 Å². The van der Waals surface area contributed by atoms with Crippen LogP contribution in [0, 0.1) is 5.82 Å². The number of para-hydroxylation sites is 1. The van der Waals surface area contributed by atoms with Crippen LogP contribution in [0.4, 0.5) is 16.1 Å². The summed E-state index contributed by atoms with van der Waals surface area (Å²) in [5.74, 6) is -0.547. The summed E-state index contributed by atoms with van der Waals surface area (Å²) in [5.41, 5.74) is 2.09. The fourth-order valence-corrected chi connectivity index (χ4v) is 3.47. The van der Waals surface area contributed by atoms with Crippen LogP contribution in [0.5, 0.6) is 0 Å². The van der Waals surface area contributed by atoms with Gasteiger partial charge in [-0.25, -0.2) is 9.38 Å². The molecule has 0 saturated carbocycles. The SMILES string of the molecule is CC1(Nc2nnc(-c3ccc(F)cc3)o2)N=C(c2ccccc2)c2ccccc2NC1=O. The third-order valence-corrected chi connectivity index (χ3v) is 5.12. The third kappa shape index (κ3) is 3.62. The number of rotatable bonds is 4. The van der Waals surface area contributed by atoms with Crippen LogP contribution in [0.25, 0.3) is 11.5 Å². The number of hydrogen-bond acceptors (Lipinski definition) is 6. The van der Waals surface area contributed by atoms with Crippen molar-refractivity contribution in [1.29, 1.82) is 0 Å². The fraction of sp³-hybridized carbons (Fsp3) is 0.0833. The maximum Gasteiger partial charge on any atom is 0.318 e. The molecule has 32 heavy (non-hydrogen) atoms. The molecule has 4 aromatic rings. The van der Waals surface area contributed by atoms with E-state index in [0.29, 0.717) is 17.0 Å². The van der Waals surface area contributed by atoms with E-state index >= 15 is 0 Å². The van der Waals surface area contributed by atoms with Gasteiger partial charge in [-0.15, -0.1) is 5.10 Å². The van der Waals surface area contributed by atoms with Gasteiger partial charge in [0.1, 0.15) is 5.82 Å². The molecule has 0 aliphatic carbocycles. The van der Waals surface area contributed by atoms with Crippen molar-refractivity contribution in [2.45, 2.75) is 12.6 Å². The quantitative estimate of drug-likeness (QED) is 0.501. The number of halogens is 1. The van der Waals surface area contributed by atoms with Crippen molar-refractivity contribution in [2.24, 2.45) is 4.99 Å². The van der Waals surface area contributed by atoms with Gasteiger partial charge in [-0.2, -0.15) is 0 Å². The molecule has 1 aromatic heterocycles. The van der Waals surface area contributed by atoms with Gasteiger partial charge in [0.25, 0.3) is 5.91 Å². The predicted molar refractivity (Wildman–Crippen MR) is 119 cm³/mol. The molecule has 158 valence electrons. The number of carbonyl (C=O) groups excluding carboxylic acids is 1. The van der Waals surface area contributed by atoms with Crippen molar-refractivity contribution in [3.63, 3.8) is 0 Å². The number of aliphatic imine (C=N–C) groups is 1. The maximum atomic E-state index is 13.2. The second-order valence-electron chi connectivity index (χ2n) is 7.44. The molecule has 1 aliphatic rings. The Labute approximate surface area is 183 Å². The van der Waals surface area contributed by atoms with E-state index < -0.39 is 5.66 Å². The molecule has 1 unspecified atom stereocenters. The number of nitrogens with one attached hydrogen (secondary N) is 2. The van der Waals surface area contributed by atoms with Crippen LogP contribution >= 0.6 is 0 Å². The summed E-state index contributed by atoms with van der Waals surface area (Å²) in [7, 11) is 0. The number of amides is 1. The Morgan fingerprint density at radius 2 is 1.62 bits per heavy atom. The van der Waals surface area contributed by atoms with Gasteiger partial charge < -0.3 is 15.1 Å². The van der Waals surface area contributed by atoms with Crippen molar-refractivity contribution >= 4 is 23.3 Å². The summed E-state index contributed by atoms with van der Waals surface area (Å²) in [6, 6.07) is 22.8. The summed E-state index contributed by atoms with van der Waals surface area (Å²) in [4.78, 5) is 18.0. The summed E-state index contributed by atoms with van der Waals surface area (Å²) in [6.45, 7) is 1.64. The molecule has 1 aliphatic heterocycles.